The van der Waals surface area contributed by atoms with Crippen LogP contribution in [0, 0.1) is 13.8 Å². The number of hydrogen-bond donors (Lipinski definition) is 0. The van der Waals surface area contributed by atoms with Crippen molar-refractivity contribution in [2.75, 3.05) is 0 Å². The van der Waals surface area contributed by atoms with Crippen molar-refractivity contribution in [1.29, 1.82) is 0 Å². The molecule has 0 N–H and O–H groups in total. The molecule has 0 aliphatic rings. The zero-order valence-electron chi connectivity index (χ0n) is 11.3. The fourth-order valence-electron chi connectivity index (χ4n) is 1.83. The van der Waals surface area contributed by atoms with Crippen LogP contribution in [-0.4, -0.2) is 12.0 Å². The van der Waals surface area contributed by atoms with E-state index in [1.807, 2.05) is 56.3 Å². The lowest BCUT2D eigenvalue weighted by atomic mass is 10.1. The summed E-state index contributed by atoms with van der Waals surface area (Å²) in [5.74, 6) is 0.0923. The fourth-order valence-corrected chi connectivity index (χ4v) is 1.83. The van der Waals surface area contributed by atoms with Crippen LogP contribution in [0.3, 0.4) is 0 Å². The minimum Gasteiger partial charge on any atom is -0.294 e. The van der Waals surface area contributed by atoms with Gasteiger partial charge in [-0.25, -0.2) is 0 Å². The number of ketones is 1. The van der Waals surface area contributed by atoms with E-state index in [1.54, 1.807) is 6.21 Å². The van der Waals surface area contributed by atoms with Crippen molar-refractivity contribution in [3.63, 3.8) is 0 Å². The highest BCUT2D eigenvalue weighted by Crippen LogP contribution is 2.19. The smallest absolute Gasteiger partial charge is 0.168 e. The molecule has 0 heterocycles. The highest BCUT2D eigenvalue weighted by atomic mass is 16.1. The maximum Gasteiger partial charge on any atom is 0.168 e. The van der Waals surface area contributed by atoms with Crippen molar-refractivity contribution in [2.24, 2.45) is 4.99 Å². The van der Waals surface area contributed by atoms with Crippen LogP contribution in [0.1, 0.15) is 27.9 Å². The third kappa shape index (κ3) is 3.62. The summed E-state index contributed by atoms with van der Waals surface area (Å²) in [4.78, 5) is 16.3. The second-order valence-corrected chi connectivity index (χ2v) is 4.59. The Morgan fingerprint density at radius 3 is 2.58 bits per heavy atom. The summed E-state index contributed by atoms with van der Waals surface area (Å²) in [6, 6.07) is 15.4. The predicted molar refractivity (Wildman–Crippen MR) is 79.5 cm³/mol. The molecule has 0 spiro atoms. The number of Topliss-reactive ketones (excluding diaryl/α,β-unsaturated/α-hetero) is 1. The molecule has 2 aromatic carbocycles. The molecule has 0 saturated heterocycles. The number of aliphatic imine (C=N–C) groups is 1. The van der Waals surface area contributed by atoms with Gasteiger partial charge in [0.05, 0.1) is 5.69 Å². The third-order valence-electron chi connectivity index (χ3n) is 2.97. The minimum absolute atomic E-state index is 0.0923. The zero-order valence-corrected chi connectivity index (χ0v) is 11.3. The van der Waals surface area contributed by atoms with E-state index in [0.717, 1.165) is 16.8 Å². The van der Waals surface area contributed by atoms with Gasteiger partial charge in [-0.15, -0.1) is 0 Å². The lowest BCUT2D eigenvalue weighted by Gasteiger charge is -2.01. The van der Waals surface area contributed by atoms with Gasteiger partial charge in [-0.3, -0.25) is 9.79 Å². The number of hydrogen-bond acceptors (Lipinski definition) is 2. The van der Waals surface area contributed by atoms with Crippen LogP contribution in [-0.2, 0) is 0 Å². The van der Waals surface area contributed by atoms with Crippen LogP contribution >= 0.6 is 0 Å². The summed E-state index contributed by atoms with van der Waals surface area (Å²) in [6.07, 6.45) is 2.02. The lowest BCUT2D eigenvalue weighted by Crippen LogP contribution is -1.98. The van der Waals surface area contributed by atoms with Gasteiger partial charge in [-0.2, -0.15) is 0 Å². The Morgan fingerprint density at radius 2 is 1.84 bits per heavy atom. The third-order valence-corrected chi connectivity index (χ3v) is 2.97. The van der Waals surface area contributed by atoms with Crippen LogP contribution < -0.4 is 0 Å². The van der Waals surface area contributed by atoms with Gasteiger partial charge in [0.1, 0.15) is 0 Å². The van der Waals surface area contributed by atoms with E-state index < -0.39 is 0 Å². The highest BCUT2D eigenvalue weighted by molar-refractivity contribution is 6.03. The van der Waals surface area contributed by atoms with Gasteiger partial charge in [0.2, 0.25) is 0 Å². The first-order valence-corrected chi connectivity index (χ1v) is 6.35. The Hall–Kier alpha value is -2.22. The van der Waals surface area contributed by atoms with Crippen LogP contribution in [0.25, 0.3) is 0 Å². The van der Waals surface area contributed by atoms with Gasteiger partial charge < -0.3 is 0 Å². The summed E-state index contributed by atoms with van der Waals surface area (Å²) in [5, 5.41) is 0. The molecule has 2 nitrogen and oxygen atoms in total. The molecular weight excluding hydrogens is 234 g/mol. The van der Waals surface area contributed by atoms with Crippen LogP contribution in [0.15, 0.2) is 53.5 Å². The number of aryl methyl sites for hydroxylation is 2. The maximum absolute atomic E-state index is 11.9. The van der Waals surface area contributed by atoms with Crippen molar-refractivity contribution in [3.8, 4) is 0 Å². The number of benzene rings is 2. The van der Waals surface area contributed by atoms with Crippen molar-refractivity contribution >= 4 is 17.7 Å². The molecule has 0 amide bonds. The molecule has 2 aromatic rings. The van der Waals surface area contributed by atoms with Gasteiger partial charge in [0.25, 0.3) is 0 Å². The van der Waals surface area contributed by atoms with Gasteiger partial charge in [-0.05, 0) is 31.0 Å². The Labute approximate surface area is 113 Å². The van der Waals surface area contributed by atoms with E-state index >= 15 is 0 Å². The van der Waals surface area contributed by atoms with E-state index in [2.05, 4.69) is 11.1 Å². The highest BCUT2D eigenvalue weighted by Gasteiger charge is 2.02. The topological polar surface area (TPSA) is 29.4 Å². The second kappa shape index (κ2) is 6.10. The molecular formula is C17H17NO. The van der Waals surface area contributed by atoms with Gasteiger partial charge in [-0.1, -0.05) is 42.5 Å². The quantitative estimate of drug-likeness (QED) is 0.589. The minimum atomic E-state index is 0.0923. The van der Waals surface area contributed by atoms with Crippen molar-refractivity contribution < 1.29 is 4.79 Å². The van der Waals surface area contributed by atoms with Gasteiger partial charge >= 0.3 is 0 Å². The Balaban J connectivity index is 2.04. The zero-order chi connectivity index (χ0) is 13.7. The molecule has 19 heavy (non-hydrogen) atoms. The molecule has 2 rings (SSSR count). The molecule has 0 aromatic heterocycles. The molecule has 2 heteroatoms. The number of nitrogens with zero attached hydrogens (tertiary/aromatic N) is 1. The predicted octanol–water partition coefficient (Wildman–Crippen LogP) is 4.28. The van der Waals surface area contributed by atoms with Crippen LogP contribution in [0.4, 0.5) is 5.69 Å². The average molecular weight is 251 g/mol. The summed E-state index contributed by atoms with van der Waals surface area (Å²) in [5.41, 5.74) is 3.96. The molecule has 0 radical (unpaired) electrons. The van der Waals surface area contributed by atoms with Crippen molar-refractivity contribution in [3.05, 3.63) is 65.2 Å². The standard InChI is InChI=1S/C17H17NO/c1-13-8-9-14(2)16(12-13)18-11-10-17(19)15-6-4-3-5-7-15/h3-9,11-12H,10H2,1-2H3. The van der Waals surface area contributed by atoms with Crippen LogP contribution in [0.5, 0.6) is 0 Å². The first-order chi connectivity index (χ1) is 9.16. The van der Waals surface area contributed by atoms with E-state index in [0.29, 0.717) is 6.42 Å². The van der Waals surface area contributed by atoms with Crippen molar-refractivity contribution in [1.82, 2.24) is 0 Å². The van der Waals surface area contributed by atoms with Gasteiger partial charge in [0, 0.05) is 18.2 Å². The maximum atomic E-state index is 11.9. The molecule has 0 aliphatic carbocycles. The van der Waals surface area contributed by atoms with Crippen LogP contribution in [0.2, 0.25) is 0 Å². The number of carbonyl (C=O) groups is 1. The molecule has 0 atom stereocenters. The molecule has 0 saturated carbocycles. The van der Waals surface area contributed by atoms with E-state index in [9.17, 15) is 4.79 Å². The number of carbonyl (C=O) groups excluding carboxylic acids is 1. The summed E-state index contributed by atoms with van der Waals surface area (Å²) in [7, 11) is 0. The first-order valence-electron chi connectivity index (χ1n) is 6.35. The second-order valence-electron chi connectivity index (χ2n) is 4.59. The lowest BCUT2D eigenvalue weighted by molar-refractivity contribution is 0.100. The monoisotopic (exact) mass is 251 g/mol. The summed E-state index contributed by atoms with van der Waals surface area (Å²) < 4.78 is 0. The Bertz CT molecular complexity index is 600. The largest absolute Gasteiger partial charge is 0.294 e. The van der Waals surface area contributed by atoms with E-state index in [-0.39, 0.29) is 5.78 Å². The van der Waals surface area contributed by atoms with E-state index in [1.165, 1.54) is 5.56 Å². The van der Waals surface area contributed by atoms with Gasteiger partial charge in [0.15, 0.2) is 5.78 Å². The van der Waals surface area contributed by atoms with Crippen molar-refractivity contribution in [2.45, 2.75) is 20.3 Å². The molecule has 0 fully saturated rings. The fraction of sp³-hybridized carbons (Fsp3) is 0.176. The Kier molecular flexibility index (Phi) is 4.24. The number of rotatable bonds is 4. The average Bonchev–Trinajstić information content (AvgIpc) is 2.43. The molecule has 96 valence electrons. The summed E-state index contributed by atoms with van der Waals surface area (Å²) in [6.45, 7) is 4.05. The first kappa shape index (κ1) is 13.2. The molecule has 0 bridgehead atoms. The Morgan fingerprint density at radius 1 is 1.11 bits per heavy atom. The normalized spacial score (nSPS) is 10.8. The van der Waals surface area contributed by atoms with E-state index in [4.69, 9.17) is 0 Å². The SMILES string of the molecule is Cc1ccc(C)c(N=CCC(=O)c2ccccc2)c1. The summed E-state index contributed by atoms with van der Waals surface area (Å²) >= 11 is 0. The molecule has 0 aliphatic heterocycles. The molecule has 0 unspecified atom stereocenters.